The number of nitrogens with one attached hydrogen (secondary N) is 1. The number of carbonyl (C=O) groups is 1. The molecule has 1 N–H and O–H groups in total. The minimum Gasteiger partial charge on any atom is -0.490 e. The summed E-state index contributed by atoms with van der Waals surface area (Å²) in [6.07, 6.45) is 0. The van der Waals surface area contributed by atoms with Gasteiger partial charge in [0.05, 0.1) is 6.61 Å². The molecule has 0 aliphatic heterocycles. The summed E-state index contributed by atoms with van der Waals surface area (Å²) in [5, 5.41) is 10.9. The van der Waals surface area contributed by atoms with Crippen molar-refractivity contribution in [3.63, 3.8) is 0 Å². The molecule has 2 heterocycles. The summed E-state index contributed by atoms with van der Waals surface area (Å²) in [4.78, 5) is 12.1. The van der Waals surface area contributed by atoms with Gasteiger partial charge in [-0.25, -0.2) is 4.39 Å². The Morgan fingerprint density at radius 2 is 2.00 bits per heavy atom. The molecule has 0 aliphatic carbocycles. The number of carbonyl (C=O) groups excluding carboxylic acids is 1. The fraction of sp³-hybridized carbons (Fsp3) is 0.105. The van der Waals surface area contributed by atoms with Crippen LogP contribution in [0.1, 0.15) is 17.3 Å². The van der Waals surface area contributed by atoms with E-state index in [1.165, 1.54) is 18.2 Å². The zero-order valence-corrected chi connectivity index (χ0v) is 14.2. The highest BCUT2D eigenvalue weighted by Gasteiger charge is 2.17. The van der Waals surface area contributed by atoms with Gasteiger partial charge in [0.1, 0.15) is 5.82 Å². The number of halogens is 1. The predicted octanol–water partition coefficient (Wildman–Crippen LogP) is 4.27. The van der Waals surface area contributed by atoms with Crippen LogP contribution in [0.4, 0.5) is 10.4 Å². The van der Waals surface area contributed by atoms with E-state index in [1.54, 1.807) is 12.1 Å². The molecular formula is C19H14FN3O4. The number of fused-ring (bicyclic) bond motifs is 1. The topological polar surface area (TPSA) is 90.4 Å². The van der Waals surface area contributed by atoms with Crippen LogP contribution in [-0.4, -0.2) is 22.7 Å². The molecule has 0 fully saturated rings. The Balaban J connectivity index is 1.58. The molecule has 0 radical (unpaired) electrons. The molecule has 0 spiro atoms. The van der Waals surface area contributed by atoms with Crippen LogP contribution in [0.15, 0.2) is 57.4 Å². The summed E-state index contributed by atoms with van der Waals surface area (Å²) < 4.78 is 30.0. The van der Waals surface area contributed by atoms with Crippen molar-refractivity contribution in [2.45, 2.75) is 6.92 Å². The van der Waals surface area contributed by atoms with E-state index in [-0.39, 0.29) is 17.5 Å². The van der Waals surface area contributed by atoms with Crippen LogP contribution in [-0.2, 0) is 0 Å². The lowest BCUT2D eigenvalue weighted by Crippen LogP contribution is -2.12. The molecule has 0 saturated carbocycles. The van der Waals surface area contributed by atoms with Gasteiger partial charge in [-0.15, -0.1) is 5.10 Å². The number of amides is 1. The van der Waals surface area contributed by atoms with Crippen molar-refractivity contribution in [1.29, 1.82) is 0 Å². The lowest BCUT2D eigenvalue weighted by atomic mass is 10.2. The fourth-order valence-corrected chi connectivity index (χ4v) is 2.58. The van der Waals surface area contributed by atoms with Crippen molar-refractivity contribution in [1.82, 2.24) is 10.2 Å². The first-order chi connectivity index (χ1) is 13.1. The Kier molecular flexibility index (Phi) is 4.29. The number of hydrogen-bond acceptors (Lipinski definition) is 6. The first kappa shape index (κ1) is 16.8. The summed E-state index contributed by atoms with van der Waals surface area (Å²) in [5.41, 5.74) is 0.706. The van der Waals surface area contributed by atoms with Crippen LogP contribution < -0.4 is 10.1 Å². The second kappa shape index (κ2) is 6.91. The third kappa shape index (κ3) is 3.37. The van der Waals surface area contributed by atoms with Crippen LogP contribution in [0.25, 0.3) is 22.6 Å². The Morgan fingerprint density at radius 1 is 1.15 bits per heavy atom. The molecule has 136 valence electrons. The van der Waals surface area contributed by atoms with E-state index < -0.39 is 11.7 Å². The monoisotopic (exact) mass is 367 g/mol. The first-order valence-corrected chi connectivity index (χ1v) is 8.20. The molecule has 0 saturated heterocycles. The average Bonchev–Trinajstić information content (AvgIpc) is 3.29. The van der Waals surface area contributed by atoms with Gasteiger partial charge in [-0.1, -0.05) is 23.3 Å². The van der Waals surface area contributed by atoms with E-state index in [0.29, 0.717) is 23.7 Å². The van der Waals surface area contributed by atoms with E-state index in [4.69, 9.17) is 13.6 Å². The van der Waals surface area contributed by atoms with E-state index in [2.05, 4.69) is 15.5 Å². The predicted molar refractivity (Wildman–Crippen MR) is 95.0 cm³/mol. The standard InChI is InChI=1S/C19H14FN3O4/c1-2-25-14-8-4-5-11-10-15(26-16(11)14)18-22-23-19(27-18)21-17(24)12-6-3-7-13(20)9-12/h3-10H,2H2,1H3,(H,21,23,24). The summed E-state index contributed by atoms with van der Waals surface area (Å²) in [6, 6.07) is 12.4. The molecule has 27 heavy (non-hydrogen) atoms. The number of ether oxygens (including phenoxy) is 1. The summed E-state index contributed by atoms with van der Waals surface area (Å²) >= 11 is 0. The van der Waals surface area contributed by atoms with Gasteiger partial charge in [0.2, 0.25) is 0 Å². The summed E-state index contributed by atoms with van der Waals surface area (Å²) in [5.74, 6) is -0.0197. The number of para-hydroxylation sites is 1. The molecule has 7 nitrogen and oxygen atoms in total. The van der Waals surface area contributed by atoms with Gasteiger partial charge < -0.3 is 13.6 Å². The van der Waals surface area contributed by atoms with Gasteiger partial charge in [-0.3, -0.25) is 10.1 Å². The highest BCUT2D eigenvalue weighted by atomic mass is 19.1. The molecule has 1 amide bonds. The van der Waals surface area contributed by atoms with Gasteiger partial charge >= 0.3 is 6.01 Å². The molecule has 4 aromatic rings. The SMILES string of the molecule is CCOc1cccc2cc(-c3nnc(NC(=O)c4cccc(F)c4)o3)oc12. The number of furan rings is 1. The van der Waals surface area contributed by atoms with E-state index in [9.17, 15) is 9.18 Å². The molecule has 2 aromatic carbocycles. The molecular weight excluding hydrogens is 353 g/mol. The van der Waals surface area contributed by atoms with E-state index in [1.807, 2.05) is 19.1 Å². The highest BCUT2D eigenvalue weighted by Crippen LogP contribution is 2.33. The second-order valence-corrected chi connectivity index (χ2v) is 5.60. The largest absolute Gasteiger partial charge is 0.490 e. The van der Waals surface area contributed by atoms with Crippen LogP contribution in [0.2, 0.25) is 0 Å². The second-order valence-electron chi connectivity index (χ2n) is 5.60. The maximum atomic E-state index is 13.2. The molecule has 2 aromatic heterocycles. The van der Waals surface area contributed by atoms with Crippen LogP contribution in [0, 0.1) is 5.82 Å². The number of rotatable bonds is 5. The quantitative estimate of drug-likeness (QED) is 0.566. The Bertz CT molecular complexity index is 1120. The highest BCUT2D eigenvalue weighted by molar-refractivity contribution is 6.03. The number of hydrogen-bond donors (Lipinski definition) is 1. The van der Waals surface area contributed by atoms with Gasteiger partial charge in [0.25, 0.3) is 11.8 Å². The van der Waals surface area contributed by atoms with E-state index in [0.717, 1.165) is 11.5 Å². The lowest BCUT2D eigenvalue weighted by Gasteiger charge is -2.01. The first-order valence-electron chi connectivity index (χ1n) is 8.20. The third-order valence-electron chi connectivity index (χ3n) is 3.75. The number of anilines is 1. The van der Waals surface area contributed by atoms with Gasteiger partial charge in [-0.2, -0.15) is 0 Å². The summed E-state index contributed by atoms with van der Waals surface area (Å²) in [6.45, 7) is 2.39. The zero-order chi connectivity index (χ0) is 18.8. The maximum absolute atomic E-state index is 13.2. The zero-order valence-electron chi connectivity index (χ0n) is 14.2. The Hall–Kier alpha value is -3.68. The van der Waals surface area contributed by atoms with Crippen molar-refractivity contribution in [3.05, 3.63) is 59.9 Å². The van der Waals surface area contributed by atoms with Crippen LogP contribution >= 0.6 is 0 Å². The van der Waals surface area contributed by atoms with Crippen LogP contribution in [0.5, 0.6) is 5.75 Å². The lowest BCUT2D eigenvalue weighted by molar-refractivity contribution is 0.102. The average molecular weight is 367 g/mol. The van der Waals surface area contributed by atoms with Crippen molar-refractivity contribution in [2.24, 2.45) is 0 Å². The molecule has 8 heteroatoms. The van der Waals surface area contributed by atoms with Gasteiger partial charge in [0.15, 0.2) is 17.1 Å². The normalized spacial score (nSPS) is 10.9. The van der Waals surface area contributed by atoms with Crippen LogP contribution in [0.3, 0.4) is 0 Å². The molecule has 0 atom stereocenters. The van der Waals surface area contributed by atoms with Gasteiger partial charge in [0, 0.05) is 10.9 Å². The number of nitrogens with zero attached hydrogens (tertiary/aromatic N) is 2. The Labute approximate surface area is 152 Å². The fourth-order valence-electron chi connectivity index (χ4n) is 2.58. The Morgan fingerprint density at radius 3 is 2.81 bits per heavy atom. The number of benzene rings is 2. The van der Waals surface area contributed by atoms with Crippen molar-refractivity contribution in [2.75, 3.05) is 11.9 Å². The van der Waals surface area contributed by atoms with Crippen molar-refractivity contribution < 1.29 is 22.8 Å². The minimum atomic E-state index is -0.562. The summed E-state index contributed by atoms with van der Waals surface area (Å²) in [7, 11) is 0. The molecule has 0 bridgehead atoms. The molecule has 0 unspecified atom stereocenters. The van der Waals surface area contributed by atoms with E-state index >= 15 is 0 Å². The maximum Gasteiger partial charge on any atom is 0.322 e. The molecule has 0 aliphatic rings. The van der Waals surface area contributed by atoms with Crippen molar-refractivity contribution >= 4 is 22.9 Å². The van der Waals surface area contributed by atoms with Gasteiger partial charge in [-0.05, 0) is 37.3 Å². The third-order valence-corrected chi connectivity index (χ3v) is 3.75. The molecule has 4 rings (SSSR count). The number of aromatic nitrogens is 2. The smallest absolute Gasteiger partial charge is 0.322 e. The van der Waals surface area contributed by atoms with Crippen molar-refractivity contribution in [3.8, 4) is 17.4 Å². The minimum absolute atomic E-state index is 0.100.